The lowest BCUT2D eigenvalue weighted by Gasteiger charge is -2.14. The van der Waals surface area contributed by atoms with E-state index in [9.17, 15) is 9.18 Å². The third-order valence-electron chi connectivity index (χ3n) is 3.22. The summed E-state index contributed by atoms with van der Waals surface area (Å²) in [6.45, 7) is 3.53. The van der Waals surface area contributed by atoms with Gasteiger partial charge >= 0.3 is 0 Å². The summed E-state index contributed by atoms with van der Waals surface area (Å²) < 4.78 is 13.5. The fourth-order valence-corrected chi connectivity index (χ4v) is 1.88. The molecule has 0 fully saturated rings. The number of benzene rings is 2. The van der Waals surface area contributed by atoms with E-state index in [2.05, 4.69) is 5.32 Å². The number of halogens is 1. The number of carbonyl (C=O) groups is 1. The van der Waals surface area contributed by atoms with Crippen LogP contribution in [-0.2, 0) is 0 Å². The summed E-state index contributed by atoms with van der Waals surface area (Å²) in [4.78, 5) is 12.1. The Bertz CT molecular complexity index is 623. The molecule has 0 spiro atoms. The largest absolute Gasteiger partial charge is 0.399 e. The zero-order chi connectivity index (χ0) is 14.7. The van der Waals surface area contributed by atoms with Crippen molar-refractivity contribution in [2.45, 2.75) is 19.9 Å². The molecule has 2 aromatic carbocycles. The standard InChI is InChI=1S/C16H17FN2O/c1-10-3-4-13(9-15(10)17)16(20)19-11(2)12-5-7-14(18)8-6-12/h3-9,11H,18H2,1-2H3,(H,19,20). The minimum absolute atomic E-state index is 0.174. The number of anilines is 1. The lowest BCUT2D eigenvalue weighted by atomic mass is 10.1. The first kappa shape index (κ1) is 14.1. The van der Waals surface area contributed by atoms with Gasteiger partial charge in [0, 0.05) is 11.3 Å². The van der Waals surface area contributed by atoms with Gasteiger partial charge < -0.3 is 11.1 Å². The van der Waals surface area contributed by atoms with Crippen LogP contribution in [0.4, 0.5) is 10.1 Å². The summed E-state index contributed by atoms with van der Waals surface area (Å²) in [5.74, 6) is -0.675. The first-order chi connectivity index (χ1) is 9.47. The summed E-state index contributed by atoms with van der Waals surface area (Å²) >= 11 is 0. The molecule has 0 saturated heterocycles. The molecule has 0 bridgehead atoms. The van der Waals surface area contributed by atoms with Crippen LogP contribution < -0.4 is 11.1 Å². The molecule has 0 radical (unpaired) electrons. The van der Waals surface area contributed by atoms with E-state index >= 15 is 0 Å². The predicted octanol–water partition coefficient (Wildman–Crippen LogP) is 3.21. The van der Waals surface area contributed by atoms with Crippen molar-refractivity contribution in [3.05, 3.63) is 65.0 Å². The van der Waals surface area contributed by atoms with Crippen LogP contribution in [0.3, 0.4) is 0 Å². The topological polar surface area (TPSA) is 55.1 Å². The maximum absolute atomic E-state index is 13.5. The monoisotopic (exact) mass is 272 g/mol. The zero-order valence-corrected chi connectivity index (χ0v) is 11.5. The second-order valence-electron chi connectivity index (χ2n) is 4.83. The van der Waals surface area contributed by atoms with Crippen LogP contribution in [0.25, 0.3) is 0 Å². The Kier molecular flexibility index (Phi) is 4.03. The van der Waals surface area contributed by atoms with Gasteiger partial charge in [-0.05, 0) is 49.2 Å². The van der Waals surface area contributed by atoms with Gasteiger partial charge in [0.05, 0.1) is 6.04 Å². The second kappa shape index (κ2) is 5.74. The number of aryl methyl sites for hydroxylation is 1. The van der Waals surface area contributed by atoms with Crippen molar-refractivity contribution in [3.8, 4) is 0 Å². The smallest absolute Gasteiger partial charge is 0.251 e. The summed E-state index contributed by atoms with van der Waals surface area (Å²) in [6, 6.07) is 11.6. The molecule has 0 aliphatic carbocycles. The predicted molar refractivity (Wildman–Crippen MR) is 77.9 cm³/mol. The van der Waals surface area contributed by atoms with Gasteiger partial charge in [0.15, 0.2) is 0 Å². The van der Waals surface area contributed by atoms with Crippen LogP contribution in [0.1, 0.15) is 34.5 Å². The Morgan fingerprint density at radius 1 is 1.20 bits per heavy atom. The molecule has 1 unspecified atom stereocenters. The highest BCUT2D eigenvalue weighted by Gasteiger charge is 2.12. The Balaban J connectivity index is 2.10. The number of hydrogen-bond donors (Lipinski definition) is 2. The molecule has 0 aliphatic rings. The molecule has 2 rings (SSSR count). The molecular formula is C16H17FN2O. The Labute approximate surface area is 117 Å². The number of rotatable bonds is 3. The fourth-order valence-electron chi connectivity index (χ4n) is 1.88. The number of amides is 1. The number of nitrogen functional groups attached to an aromatic ring is 1. The minimum atomic E-state index is -0.377. The Hall–Kier alpha value is -2.36. The first-order valence-electron chi connectivity index (χ1n) is 6.40. The molecule has 1 atom stereocenters. The van der Waals surface area contributed by atoms with Gasteiger partial charge in [0.1, 0.15) is 5.82 Å². The average molecular weight is 272 g/mol. The van der Waals surface area contributed by atoms with Crippen molar-refractivity contribution in [2.75, 3.05) is 5.73 Å². The first-order valence-corrected chi connectivity index (χ1v) is 6.40. The zero-order valence-electron chi connectivity index (χ0n) is 11.5. The summed E-state index contributed by atoms with van der Waals surface area (Å²) in [5.41, 5.74) is 8.08. The Morgan fingerprint density at radius 2 is 1.85 bits per heavy atom. The summed E-state index contributed by atoms with van der Waals surface area (Å²) in [7, 11) is 0. The van der Waals surface area contributed by atoms with Crippen molar-refractivity contribution in [1.29, 1.82) is 0 Å². The number of nitrogens with one attached hydrogen (secondary N) is 1. The molecule has 104 valence electrons. The SMILES string of the molecule is Cc1ccc(C(=O)NC(C)c2ccc(N)cc2)cc1F. The van der Waals surface area contributed by atoms with Crippen LogP contribution in [0.5, 0.6) is 0 Å². The van der Waals surface area contributed by atoms with Crippen LogP contribution in [0.2, 0.25) is 0 Å². The third kappa shape index (κ3) is 3.15. The Morgan fingerprint density at radius 3 is 2.45 bits per heavy atom. The van der Waals surface area contributed by atoms with Gasteiger partial charge in [-0.3, -0.25) is 4.79 Å². The van der Waals surface area contributed by atoms with E-state index in [0.717, 1.165) is 5.56 Å². The lowest BCUT2D eigenvalue weighted by Crippen LogP contribution is -2.26. The molecule has 1 amide bonds. The minimum Gasteiger partial charge on any atom is -0.399 e. The van der Waals surface area contributed by atoms with Gasteiger partial charge in [-0.15, -0.1) is 0 Å². The van der Waals surface area contributed by atoms with E-state index in [1.54, 1.807) is 31.2 Å². The molecule has 4 heteroatoms. The van der Waals surface area contributed by atoms with E-state index in [4.69, 9.17) is 5.73 Å². The van der Waals surface area contributed by atoms with E-state index in [0.29, 0.717) is 16.8 Å². The number of nitrogens with two attached hydrogens (primary N) is 1. The van der Waals surface area contributed by atoms with Gasteiger partial charge in [-0.1, -0.05) is 18.2 Å². The van der Waals surface area contributed by atoms with Gasteiger partial charge in [-0.2, -0.15) is 0 Å². The molecule has 20 heavy (non-hydrogen) atoms. The van der Waals surface area contributed by atoms with Gasteiger partial charge in [0.25, 0.3) is 5.91 Å². The average Bonchev–Trinajstić information content (AvgIpc) is 2.42. The fraction of sp³-hybridized carbons (Fsp3) is 0.188. The maximum Gasteiger partial charge on any atom is 0.251 e. The molecule has 3 nitrogen and oxygen atoms in total. The molecular weight excluding hydrogens is 255 g/mol. The number of carbonyl (C=O) groups excluding carboxylic acids is 1. The highest BCUT2D eigenvalue weighted by Crippen LogP contribution is 2.16. The van der Waals surface area contributed by atoms with Crippen LogP contribution >= 0.6 is 0 Å². The molecule has 3 N–H and O–H groups in total. The quantitative estimate of drug-likeness (QED) is 0.843. The van der Waals surface area contributed by atoms with Crippen LogP contribution in [-0.4, -0.2) is 5.91 Å². The van der Waals surface area contributed by atoms with E-state index < -0.39 is 0 Å². The normalized spacial score (nSPS) is 11.9. The highest BCUT2D eigenvalue weighted by atomic mass is 19.1. The van der Waals surface area contributed by atoms with E-state index in [1.165, 1.54) is 6.07 Å². The van der Waals surface area contributed by atoms with Gasteiger partial charge in [-0.25, -0.2) is 4.39 Å². The van der Waals surface area contributed by atoms with Crippen molar-refractivity contribution < 1.29 is 9.18 Å². The van der Waals surface area contributed by atoms with Crippen molar-refractivity contribution in [2.24, 2.45) is 0 Å². The maximum atomic E-state index is 13.5. The van der Waals surface area contributed by atoms with Crippen molar-refractivity contribution in [3.63, 3.8) is 0 Å². The second-order valence-corrected chi connectivity index (χ2v) is 4.83. The van der Waals surface area contributed by atoms with E-state index in [-0.39, 0.29) is 17.8 Å². The lowest BCUT2D eigenvalue weighted by molar-refractivity contribution is 0.0939. The highest BCUT2D eigenvalue weighted by molar-refractivity contribution is 5.94. The molecule has 0 saturated carbocycles. The van der Waals surface area contributed by atoms with Crippen LogP contribution in [0, 0.1) is 12.7 Å². The van der Waals surface area contributed by atoms with Crippen LogP contribution in [0.15, 0.2) is 42.5 Å². The van der Waals surface area contributed by atoms with Gasteiger partial charge in [0.2, 0.25) is 0 Å². The summed E-state index contributed by atoms with van der Waals surface area (Å²) in [5, 5.41) is 2.83. The molecule has 2 aromatic rings. The van der Waals surface area contributed by atoms with Crippen molar-refractivity contribution in [1.82, 2.24) is 5.32 Å². The molecule has 0 heterocycles. The third-order valence-corrected chi connectivity index (χ3v) is 3.22. The number of hydrogen-bond acceptors (Lipinski definition) is 2. The van der Waals surface area contributed by atoms with E-state index in [1.807, 2.05) is 19.1 Å². The summed E-state index contributed by atoms with van der Waals surface area (Å²) in [6.07, 6.45) is 0. The molecule has 0 aliphatic heterocycles. The van der Waals surface area contributed by atoms with Crippen molar-refractivity contribution >= 4 is 11.6 Å². The molecule has 0 aromatic heterocycles.